The van der Waals surface area contributed by atoms with E-state index < -0.39 is 0 Å². The van der Waals surface area contributed by atoms with Gasteiger partial charge < -0.3 is 10.1 Å². The number of benzene rings is 2. The van der Waals surface area contributed by atoms with E-state index in [0.717, 1.165) is 33.7 Å². The standard InChI is InChI=1S/C27H30N2O2.CH3Br/c1-6-24(31-27(3,4)5)23-16-10-12-20(2)26(23)28-25(30)19-29-17-11-15-22(18-29)21-13-8-7-9-14-21;1-2/h6-18H,19H2,1-5H3;1H3/p+1/b24-6+;. The Bertz CT molecular complexity index is 1090. The van der Waals surface area contributed by atoms with Crippen LogP contribution in [0.15, 0.2) is 79.1 Å². The number of aryl methyl sites for hydroxylation is 1. The molecule has 0 saturated carbocycles. The third-order valence-corrected chi connectivity index (χ3v) is 4.77. The molecular formula is C28H34BrN2O2+. The fourth-order valence-corrected chi connectivity index (χ4v) is 3.40. The summed E-state index contributed by atoms with van der Waals surface area (Å²) in [5.41, 5.74) is 4.52. The first kappa shape index (κ1) is 26.3. The fourth-order valence-electron chi connectivity index (χ4n) is 3.40. The second kappa shape index (κ2) is 12.4. The van der Waals surface area contributed by atoms with Crippen molar-refractivity contribution < 1.29 is 14.1 Å². The van der Waals surface area contributed by atoms with Gasteiger partial charge in [0, 0.05) is 17.2 Å². The van der Waals surface area contributed by atoms with Crippen molar-refractivity contribution in [3.8, 4) is 11.1 Å². The summed E-state index contributed by atoms with van der Waals surface area (Å²) in [5.74, 6) is 2.48. The maximum absolute atomic E-state index is 12.9. The van der Waals surface area contributed by atoms with Crippen molar-refractivity contribution in [1.29, 1.82) is 0 Å². The molecule has 0 saturated heterocycles. The van der Waals surface area contributed by atoms with E-state index in [4.69, 9.17) is 4.74 Å². The van der Waals surface area contributed by atoms with Gasteiger partial charge in [0.2, 0.25) is 6.54 Å². The van der Waals surface area contributed by atoms with Gasteiger partial charge in [-0.25, -0.2) is 0 Å². The number of ether oxygens (including phenoxy) is 1. The predicted molar refractivity (Wildman–Crippen MR) is 141 cm³/mol. The van der Waals surface area contributed by atoms with Crippen LogP contribution in [0.25, 0.3) is 16.9 Å². The van der Waals surface area contributed by atoms with E-state index >= 15 is 0 Å². The Morgan fingerprint density at radius 2 is 1.67 bits per heavy atom. The van der Waals surface area contributed by atoms with Crippen LogP contribution in [0.5, 0.6) is 0 Å². The highest BCUT2D eigenvalue weighted by atomic mass is 79.9. The number of hydrogen-bond donors (Lipinski definition) is 1. The van der Waals surface area contributed by atoms with Crippen molar-refractivity contribution in [2.75, 3.05) is 11.1 Å². The Morgan fingerprint density at radius 3 is 2.30 bits per heavy atom. The molecule has 0 radical (unpaired) electrons. The summed E-state index contributed by atoms with van der Waals surface area (Å²) in [6.07, 6.45) is 5.84. The monoisotopic (exact) mass is 509 g/mol. The second-order valence-corrected chi connectivity index (χ2v) is 8.54. The Labute approximate surface area is 206 Å². The van der Waals surface area contributed by atoms with Crippen LogP contribution in [0.2, 0.25) is 0 Å². The first-order chi connectivity index (χ1) is 15.8. The molecule has 0 atom stereocenters. The van der Waals surface area contributed by atoms with Gasteiger partial charge in [-0.3, -0.25) is 4.79 Å². The third kappa shape index (κ3) is 7.86. The van der Waals surface area contributed by atoms with E-state index in [1.807, 2.05) is 112 Å². The topological polar surface area (TPSA) is 42.2 Å². The van der Waals surface area contributed by atoms with Crippen molar-refractivity contribution in [1.82, 2.24) is 0 Å². The Balaban J connectivity index is 0.00000187. The van der Waals surface area contributed by atoms with Crippen molar-refractivity contribution in [3.05, 3.63) is 90.3 Å². The van der Waals surface area contributed by atoms with E-state index in [2.05, 4.69) is 33.4 Å². The number of nitrogens with zero attached hydrogens (tertiary/aromatic N) is 1. The van der Waals surface area contributed by atoms with E-state index in [-0.39, 0.29) is 18.1 Å². The summed E-state index contributed by atoms with van der Waals surface area (Å²) < 4.78 is 8.04. The minimum atomic E-state index is -0.333. The van der Waals surface area contributed by atoms with E-state index in [0.29, 0.717) is 0 Å². The first-order valence-electron chi connectivity index (χ1n) is 10.9. The molecule has 1 heterocycles. The third-order valence-electron chi connectivity index (χ3n) is 4.77. The van der Waals surface area contributed by atoms with Gasteiger partial charge in [-0.05, 0) is 69.8 Å². The lowest BCUT2D eigenvalue weighted by Crippen LogP contribution is -2.40. The molecule has 1 amide bonds. The lowest BCUT2D eigenvalue weighted by Gasteiger charge is -2.25. The smallest absolute Gasteiger partial charge is 0.290 e. The van der Waals surface area contributed by atoms with Gasteiger partial charge >= 0.3 is 0 Å². The first-order valence-corrected chi connectivity index (χ1v) is 12.5. The molecule has 5 heteroatoms. The number of hydrogen-bond acceptors (Lipinski definition) is 2. The Morgan fingerprint density at radius 1 is 1.00 bits per heavy atom. The molecule has 4 nitrogen and oxygen atoms in total. The van der Waals surface area contributed by atoms with Crippen molar-refractivity contribution in [3.63, 3.8) is 0 Å². The molecule has 1 aromatic heterocycles. The predicted octanol–water partition coefficient (Wildman–Crippen LogP) is 6.78. The molecule has 0 bridgehead atoms. The molecule has 3 aromatic rings. The van der Waals surface area contributed by atoms with Crippen molar-refractivity contribution in [2.24, 2.45) is 0 Å². The number of carbonyl (C=O) groups excluding carboxylic acids is 1. The maximum atomic E-state index is 12.9. The summed E-state index contributed by atoms with van der Waals surface area (Å²) >= 11 is 2.94. The van der Waals surface area contributed by atoms with Gasteiger partial charge in [-0.1, -0.05) is 58.4 Å². The molecule has 0 spiro atoms. The van der Waals surface area contributed by atoms with E-state index in [9.17, 15) is 4.79 Å². The zero-order valence-corrected chi connectivity index (χ0v) is 21.9. The van der Waals surface area contributed by atoms with Gasteiger partial charge in [0.15, 0.2) is 12.4 Å². The van der Waals surface area contributed by atoms with Gasteiger partial charge in [-0.15, -0.1) is 0 Å². The SMILES string of the molecule is C/C=C(/OC(C)(C)C)c1cccc(C)c1NC(=O)C[n+]1cccc(-c2ccccc2)c1.CBr. The van der Waals surface area contributed by atoms with Crippen LogP contribution < -0.4 is 9.88 Å². The number of pyridine rings is 1. The maximum Gasteiger partial charge on any atom is 0.290 e. The highest BCUT2D eigenvalue weighted by Crippen LogP contribution is 2.31. The number of allylic oxidation sites excluding steroid dienone is 1. The van der Waals surface area contributed by atoms with Crippen LogP contribution in [0.1, 0.15) is 38.8 Å². The van der Waals surface area contributed by atoms with E-state index in [1.165, 1.54) is 0 Å². The average Bonchev–Trinajstić information content (AvgIpc) is 2.80. The van der Waals surface area contributed by atoms with Crippen LogP contribution in [0.4, 0.5) is 5.69 Å². The summed E-state index contributed by atoms with van der Waals surface area (Å²) in [5, 5.41) is 3.11. The van der Waals surface area contributed by atoms with Gasteiger partial charge in [0.25, 0.3) is 5.91 Å². The van der Waals surface area contributed by atoms with Crippen LogP contribution in [0, 0.1) is 6.92 Å². The lowest BCUT2D eigenvalue weighted by molar-refractivity contribution is -0.683. The van der Waals surface area contributed by atoms with Crippen LogP contribution in [0.3, 0.4) is 0 Å². The average molecular weight is 510 g/mol. The molecule has 2 aromatic carbocycles. The molecule has 0 aliphatic heterocycles. The molecule has 0 aliphatic rings. The number of nitrogens with one attached hydrogen (secondary N) is 1. The van der Waals surface area contributed by atoms with Crippen molar-refractivity contribution >= 4 is 33.3 Å². The number of halogens is 1. The number of para-hydroxylation sites is 1. The summed E-state index contributed by atoms with van der Waals surface area (Å²) in [4.78, 5) is 12.9. The number of alkyl halides is 1. The van der Waals surface area contributed by atoms with Crippen molar-refractivity contribution in [2.45, 2.75) is 46.8 Å². The Kier molecular flexibility index (Phi) is 9.86. The van der Waals surface area contributed by atoms with Crippen LogP contribution >= 0.6 is 15.9 Å². The zero-order valence-electron chi connectivity index (χ0n) is 20.4. The molecule has 0 fully saturated rings. The Hall–Kier alpha value is -2.92. The molecule has 33 heavy (non-hydrogen) atoms. The van der Waals surface area contributed by atoms with Gasteiger partial charge in [0.1, 0.15) is 11.4 Å². The number of rotatable bonds is 6. The number of aromatic nitrogens is 1. The molecule has 1 N–H and O–H groups in total. The molecule has 3 rings (SSSR count). The zero-order chi connectivity index (χ0) is 24.4. The molecule has 174 valence electrons. The summed E-state index contributed by atoms with van der Waals surface area (Å²) in [6, 6.07) is 20.1. The minimum Gasteiger partial charge on any atom is -0.488 e. The van der Waals surface area contributed by atoms with Gasteiger partial charge in [-0.2, -0.15) is 4.57 Å². The normalized spacial score (nSPS) is 11.3. The number of anilines is 1. The summed E-state index contributed by atoms with van der Waals surface area (Å²) in [7, 11) is 0. The minimum absolute atomic E-state index is 0.0861. The highest BCUT2D eigenvalue weighted by molar-refractivity contribution is 9.08. The van der Waals surface area contributed by atoms with Gasteiger partial charge in [0.05, 0.1) is 5.69 Å². The second-order valence-electron chi connectivity index (χ2n) is 8.54. The van der Waals surface area contributed by atoms with Crippen LogP contribution in [-0.4, -0.2) is 17.3 Å². The van der Waals surface area contributed by atoms with Crippen LogP contribution in [-0.2, 0) is 16.1 Å². The molecular weight excluding hydrogens is 476 g/mol. The lowest BCUT2D eigenvalue weighted by atomic mass is 10.0. The summed E-state index contributed by atoms with van der Waals surface area (Å²) in [6.45, 7) is 10.2. The number of amides is 1. The highest BCUT2D eigenvalue weighted by Gasteiger charge is 2.20. The molecule has 0 aliphatic carbocycles. The quantitative estimate of drug-likeness (QED) is 0.226. The fraction of sp³-hybridized carbons (Fsp3) is 0.286. The van der Waals surface area contributed by atoms with E-state index in [1.54, 1.807) is 0 Å². The molecule has 0 unspecified atom stereocenters. The largest absolute Gasteiger partial charge is 0.488 e. The number of carbonyl (C=O) groups is 1.